The number of aliphatic hydroxyl groups is 1. The Morgan fingerprint density at radius 3 is 2.65 bits per heavy atom. The molecular weight excluding hydrogens is 208 g/mol. The van der Waals surface area contributed by atoms with Crippen LogP contribution in [-0.2, 0) is 0 Å². The molecule has 0 amide bonds. The smallest absolute Gasteiger partial charge is 0.0754 e. The van der Waals surface area contributed by atoms with Crippen molar-refractivity contribution in [1.82, 2.24) is 0 Å². The van der Waals surface area contributed by atoms with Gasteiger partial charge in [-0.05, 0) is 48.9 Å². The average Bonchev–Trinajstić information content (AvgIpc) is 2.27. The van der Waals surface area contributed by atoms with Gasteiger partial charge in [-0.3, -0.25) is 0 Å². The molecule has 1 heteroatoms. The fraction of sp³-hybridized carbons (Fsp3) is 0.750. The van der Waals surface area contributed by atoms with E-state index in [2.05, 4.69) is 40.3 Å². The topological polar surface area (TPSA) is 20.2 Å². The van der Waals surface area contributed by atoms with Crippen molar-refractivity contribution in [2.24, 2.45) is 35.5 Å². The maximum atomic E-state index is 10.2. The standard InChI is InChI=1S/C16H26O/c1-6-15(17)16-11(5)13-8-12(9(2)3)14(16)7-10(13)4/h6-7,9,11-17H,1,8H2,2-5H3. The van der Waals surface area contributed by atoms with Crippen LogP contribution >= 0.6 is 0 Å². The Kier molecular flexibility index (Phi) is 3.49. The van der Waals surface area contributed by atoms with E-state index >= 15 is 0 Å². The molecule has 6 atom stereocenters. The van der Waals surface area contributed by atoms with E-state index in [4.69, 9.17) is 0 Å². The summed E-state index contributed by atoms with van der Waals surface area (Å²) >= 11 is 0. The van der Waals surface area contributed by atoms with Crippen molar-refractivity contribution >= 4 is 0 Å². The fourth-order valence-electron chi connectivity index (χ4n) is 4.24. The van der Waals surface area contributed by atoms with Crippen LogP contribution in [0.15, 0.2) is 24.3 Å². The minimum Gasteiger partial charge on any atom is -0.389 e. The molecular formula is C16H26O. The molecule has 0 aromatic carbocycles. The summed E-state index contributed by atoms with van der Waals surface area (Å²) in [6.07, 6.45) is 5.13. The zero-order chi connectivity index (χ0) is 12.7. The van der Waals surface area contributed by atoms with Gasteiger partial charge in [0, 0.05) is 0 Å². The third-order valence-corrected chi connectivity index (χ3v) is 5.24. The summed E-state index contributed by atoms with van der Waals surface area (Å²) in [4.78, 5) is 0. The quantitative estimate of drug-likeness (QED) is 0.739. The molecule has 1 saturated carbocycles. The van der Waals surface area contributed by atoms with Gasteiger partial charge in [0.2, 0.25) is 0 Å². The van der Waals surface area contributed by atoms with Crippen molar-refractivity contribution in [3.05, 3.63) is 24.3 Å². The molecule has 3 aliphatic rings. The fourth-order valence-corrected chi connectivity index (χ4v) is 4.24. The molecule has 0 aliphatic heterocycles. The number of rotatable bonds is 3. The highest BCUT2D eigenvalue weighted by molar-refractivity contribution is 5.21. The number of fused-ring (bicyclic) bond motifs is 2. The van der Waals surface area contributed by atoms with Crippen LogP contribution in [0.1, 0.15) is 34.1 Å². The lowest BCUT2D eigenvalue weighted by Gasteiger charge is -2.52. The number of allylic oxidation sites excluding steroid dienone is 2. The van der Waals surface area contributed by atoms with Crippen molar-refractivity contribution in [2.75, 3.05) is 0 Å². The van der Waals surface area contributed by atoms with Crippen LogP contribution < -0.4 is 0 Å². The van der Waals surface area contributed by atoms with Crippen LogP contribution in [0, 0.1) is 35.5 Å². The van der Waals surface area contributed by atoms with E-state index < -0.39 is 0 Å². The first-order chi connectivity index (χ1) is 7.97. The highest BCUT2D eigenvalue weighted by Gasteiger charge is 2.48. The molecule has 0 saturated heterocycles. The monoisotopic (exact) mass is 234 g/mol. The second-order valence-corrected chi connectivity index (χ2v) is 6.40. The van der Waals surface area contributed by atoms with E-state index in [0.29, 0.717) is 29.6 Å². The number of aliphatic hydroxyl groups excluding tert-OH is 1. The molecule has 1 N–H and O–H groups in total. The molecule has 0 heterocycles. The Labute approximate surface area is 106 Å². The Hall–Kier alpha value is -0.560. The number of hydrogen-bond acceptors (Lipinski definition) is 1. The minimum atomic E-state index is -0.344. The summed E-state index contributed by atoms with van der Waals surface area (Å²) in [7, 11) is 0. The summed E-state index contributed by atoms with van der Waals surface area (Å²) in [5, 5.41) is 10.2. The van der Waals surface area contributed by atoms with Crippen LogP contribution in [0.3, 0.4) is 0 Å². The lowest BCUT2D eigenvalue weighted by molar-refractivity contribution is -0.0170. The van der Waals surface area contributed by atoms with Crippen molar-refractivity contribution in [1.29, 1.82) is 0 Å². The van der Waals surface area contributed by atoms with Gasteiger partial charge in [-0.25, -0.2) is 0 Å². The second-order valence-electron chi connectivity index (χ2n) is 6.40. The van der Waals surface area contributed by atoms with Crippen LogP contribution in [-0.4, -0.2) is 11.2 Å². The lowest BCUT2D eigenvalue weighted by Crippen LogP contribution is -2.48. The Balaban J connectivity index is 2.33. The van der Waals surface area contributed by atoms with Crippen molar-refractivity contribution in [2.45, 2.75) is 40.2 Å². The van der Waals surface area contributed by atoms with Gasteiger partial charge in [-0.15, -0.1) is 6.58 Å². The van der Waals surface area contributed by atoms with E-state index in [-0.39, 0.29) is 6.10 Å². The maximum Gasteiger partial charge on any atom is 0.0754 e. The molecule has 6 unspecified atom stereocenters. The van der Waals surface area contributed by atoms with E-state index in [9.17, 15) is 5.11 Å². The second kappa shape index (κ2) is 4.61. The molecule has 17 heavy (non-hydrogen) atoms. The molecule has 2 bridgehead atoms. The van der Waals surface area contributed by atoms with Gasteiger partial charge in [0.05, 0.1) is 6.10 Å². The largest absolute Gasteiger partial charge is 0.389 e. The molecule has 0 spiro atoms. The molecule has 1 fully saturated rings. The summed E-state index contributed by atoms with van der Waals surface area (Å²) in [5.74, 6) is 3.63. The van der Waals surface area contributed by atoms with Gasteiger partial charge in [0.25, 0.3) is 0 Å². The van der Waals surface area contributed by atoms with Crippen molar-refractivity contribution in [3.63, 3.8) is 0 Å². The van der Waals surface area contributed by atoms with Gasteiger partial charge in [0.1, 0.15) is 0 Å². The molecule has 0 aromatic rings. The van der Waals surface area contributed by atoms with E-state index in [0.717, 1.165) is 5.92 Å². The third-order valence-electron chi connectivity index (χ3n) is 5.24. The van der Waals surface area contributed by atoms with E-state index in [1.807, 2.05) is 0 Å². The lowest BCUT2D eigenvalue weighted by atomic mass is 9.53. The highest BCUT2D eigenvalue weighted by Crippen LogP contribution is 2.53. The SMILES string of the molecule is C=CC(O)C1C(C)C2CC(C(C)C)C1C=C2C. The predicted molar refractivity (Wildman–Crippen MR) is 72.5 cm³/mol. The first kappa shape index (κ1) is 12.9. The van der Waals surface area contributed by atoms with Gasteiger partial charge < -0.3 is 5.11 Å². The maximum absolute atomic E-state index is 10.2. The van der Waals surface area contributed by atoms with Crippen LogP contribution in [0.4, 0.5) is 0 Å². The molecule has 0 radical (unpaired) electrons. The van der Waals surface area contributed by atoms with Gasteiger partial charge in [0.15, 0.2) is 0 Å². The molecule has 1 nitrogen and oxygen atoms in total. The highest BCUT2D eigenvalue weighted by atomic mass is 16.3. The van der Waals surface area contributed by atoms with Crippen LogP contribution in [0.25, 0.3) is 0 Å². The molecule has 3 aliphatic carbocycles. The summed E-state index contributed by atoms with van der Waals surface area (Å²) in [6, 6.07) is 0. The van der Waals surface area contributed by atoms with Crippen molar-refractivity contribution in [3.8, 4) is 0 Å². The zero-order valence-electron chi connectivity index (χ0n) is 11.6. The van der Waals surface area contributed by atoms with Gasteiger partial charge >= 0.3 is 0 Å². The molecule has 0 aromatic heterocycles. The molecule has 3 rings (SSSR count). The normalized spacial score (nSPS) is 42.5. The van der Waals surface area contributed by atoms with Gasteiger partial charge in [-0.2, -0.15) is 0 Å². The summed E-state index contributed by atoms with van der Waals surface area (Å²) < 4.78 is 0. The molecule has 96 valence electrons. The van der Waals surface area contributed by atoms with Crippen molar-refractivity contribution < 1.29 is 5.11 Å². The number of hydrogen-bond donors (Lipinski definition) is 1. The third kappa shape index (κ3) is 1.99. The average molecular weight is 234 g/mol. The summed E-state index contributed by atoms with van der Waals surface area (Å²) in [5.41, 5.74) is 1.55. The Morgan fingerprint density at radius 2 is 2.12 bits per heavy atom. The van der Waals surface area contributed by atoms with E-state index in [1.165, 1.54) is 6.42 Å². The summed E-state index contributed by atoms with van der Waals surface area (Å²) in [6.45, 7) is 13.0. The first-order valence-corrected chi connectivity index (χ1v) is 6.96. The van der Waals surface area contributed by atoms with Crippen LogP contribution in [0.2, 0.25) is 0 Å². The van der Waals surface area contributed by atoms with E-state index in [1.54, 1.807) is 11.6 Å². The Morgan fingerprint density at radius 1 is 1.47 bits per heavy atom. The Bertz CT molecular complexity index is 328. The first-order valence-electron chi connectivity index (χ1n) is 6.96. The minimum absolute atomic E-state index is 0.344. The predicted octanol–water partition coefficient (Wildman–Crippen LogP) is 3.65. The van der Waals surface area contributed by atoms with Crippen LogP contribution in [0.5, 0.6) is 0 Å². The zero-order valence-corrected chi connectivity index (χ0v) is 11.6. The van der Waals surface area contributed by atoms with Gasteiger partial charge in [-0.1, -0.05) is 38.5 Å².